The monoisotopic (exact) mass is 465 g/mol. The number of amides is 2. The predicted octanol–water partition coefficient (Wildman–Crippen LogP) is 3.77. The Morgan fingerprint density at radius 3 is 2.27 bits per heavy atom. The number of nitrogens with one attached hydrogen (secondary N) is 1. The van der Waals surface area contributed by atoms with Crippen LogP contribution in [0.25, 0.3) is 0 Å². The topological polar surface area (TPSA) is 79.0 Å². The molecule has 4 atom stereocenters. The van der Waals surface area contributed by atoms with E-state index in [1.54, 1.807) is 31.9 Å². The summed E-state index contributed by atoms with van der Waals surface area (Å²) in [6, 6.07) is -0.814. The van der Waals surface area contributed by atoms with Crippen LogP contribution in [0.2, 0.25) is 0 Å². The van der Waals surface area contributed by atoms with Crippen molar-refractivity contribution in [2.24, 2.45) is 11.8 Å². The highest BCUT2D eigenvalue weighted by molar-refractivity contribution is 5.91. The highest BCUT2D eigenvalue weighted by atomic mass is 16.5. The molecular formula is C26H47N3O4. The fraction of sp³-hybridized carbons (Fsp3) is 0.808. The maximum absolute atomic E-state index is 13.7. The SMILES string of the molecule is CCOC(=O)C(C)=C[C@H](C(C)C)N(C)C(=O)[C@@H](NC(=O)C1CCCCN1C(C)C)[C@@H](C)CC. The maximum atomic E-state index is 13.7. The van der Waals surface area contributed by atoms with Gasteiger partial charge in [-0.15, -0.1) is 0 Å². The van der Waals surface area contributed by atoms with Gasteiger partial charge < -0.3 is 15.0 Å². The summed E-state index contributed by atoms with van der Waals surface area (Å²) >= 11 is 0. The van der Waals surface area contributed by atoms with E-state index in [0.29, 0.717) is 12.2 Å². The molecule has 190 valence electrons. The first-order chi connectivity index (χ1) is 15.5. The average Bonchev–Trinajstić information content (AvgIpc) is 2.78. The molecule has 1 aliphatic heterocycles. The van der Waals surface area contributed by atoms with Crippen molar-refractivity contribution in [1.82, 2.24) is 15.1 Å². The predicted molar refractivity (Wildman–Crippen MR) is 133 cm³/mol. The Morgan fingerprint density at radius 2 is 1.76 bits per heavy atom. The van der Waals surface area contributed by atoms with E-state index >= 15 is 0 Å². The number of carbonyl (C=O) groups is 3. The van der Waals surface area contributed by atoms with Gasteiger partial charge in [0.2, 0.25) is 11.8 Å². The lowest BCUT2D eigenvalue weighted by Crippen LogP contribution is -2.59. The van der Waals surface area contributed by atoms with Crippen LogP contribution in [0.3, 0.4) is 0 Å². The fourth-order valence-corrected chi connectivity index (χ4v) is 4.47. The average molecular weight is 466 g/mol. The van der Waals surface area contributed by atoms with E-state index in [2.05, 4.69) is 24.1 Å². The third-order valence-corrected chi connectivity index (χ3v) is 6.78. The number of hydrogen-bond acceptors (Lipinski definition) is 5. The van der Waals surface area contributed by atoms with Crippen molar-refractivity contribution < 1.29 is 19.1 Å². The molecule has 0 aliphatic carbocycles. The number of piperidine rings is 1. The highest BCUT2D eigenvalue weighted by Crippen LogP contribution is 2.22. The molecule has 0 aromatic heterocycles. The zero-order chi connectivity index (χ0) is 25.3. The Bertz CT molecular complexity index is 689. The van der Waals surface area contributed by atoms with Gasteiger partial charge >= 0.3 is 5.97 Å². The number of esters is 1. The molecule has 1 unspecified atom stereocenters. The molecule has 0 spiro atoms. The Hall–Kier alpha value is -1.89. The molecule has 1 saturated heterocycles. The number of rotatable bonds is 11. The van der Waals surface area contributed by atoms with Crippen LogP contribution in [0.4, 0.5) is 0 Å². The van der Waals surface area contributed by atoms with E-state index < -0.39 is 6.04 Å². The number of likely N-dealkylation sites (tertiary alicyclic amines) is 1. The quantitative estimate of drug-likeness (QED) is 0.371. The highest BCUT2D eigenvalue weighted by Gasteiger charge is 2.36. The Kier molecular flexibility index (Phi) is 12.1. The van der Waals surface area contributed by atoms with E-state index in [1.165, 1.54) is 0 Å². The largest absolute Gasteiger partial charge is 0.463 e. The smallest absolute Gasteiger partial charge is 0.333 e. The first kappa shape index (κ1) is 29.1. The molecule has 7 nitrogen and oxygen atoms in total. The van der Waals surface area contributed by atoms with E-state index in [9.17, 15) is 14.4 Å². The van der Waals surface area contributed by atoms with Crippen molar-refractivity contribution in [3.63, 3.8) is 0 Å². The van der Waals surface area contributed by atoms with Gasteiger partial charge in [0.15, 0.2) is 0 Å². The molecule has 1 rings (SSSR count). The molecule has 1 N–H and O–H groups in total. The second-order valence-corrected chi connectivity index (χ2v) is 9.97. The molecule has 7 heteroatoms. The van der Waals surface area contributed by atoms with Crippen molar-refractivity contribution >= 4 is 17.8 Å². The second kappa shape index (κ2) is 13.7. The van der Waals surface area contributed by atoms with E-state index in [1.807, 2.05) is 27.7 Å². The Morgan fingerprint density at radius 1 is 1.12 bits per heavy atom. The first-order valence-electron chi connectivity index (χ1n) is 12.6. The lowest BCUT2D eigenvalue weighted by Gasteiger charge is -2.39. The summed E-state index contributed by atoms with van der Waals surface area (Å²) in [5, 5.41) is 3.11. The van der Waals surface area contributed by atoms with Crippen molar-refractivity contribution in [2.45, 2.75) is 105 Å². The summed E-state index contributed by atoms with van der Waals surface area (Å²) in [6.45, 7) is 17.0. The van der Waals surface area contributed by atoms with Crippen LogP contribution in [-0.4, -0.2) is 72.0 Å². The van der Waals surface area contributed by atoms with E-state index in [0.717, 1.165) is 32.2 Å². The van der Waals surface area contributed by atoms with Gasteiger partial charge in [-0.3, -0.25) is 14.5 Å². The van der Waals surface area contributed by atoms with Crippen LogP contribution in [0.15, 0.2) is 11.6 Å². The van der Waals surface area contributed by atoms with Gasteiger partial charge in [0.1, 0.15) is 6.04 Å². The minimum atomic E-state index is -0.610. The fourth-order valence-electron chi connectivity index (χ4n) is 4.47. The van der Waals surface area contributed by atoms with Crippen LogP contribution in [-0.2, 0) is 19.1 Å². The van der Waals surface area contributed by atoms with E-state index in [-0.39, 0.29) is 47.7 Å². The molecule has 0 aromatic carbocycles. The number of carbonyl (C=O) groups excluding carboxylic acids is 3. The summed E-state index contributed by atoms with van der Waals surface area (Å²) in [5.74, 6) is -0.484. The van der Waals surface area contributed by atoms with Crippen LogP contribution >= 0.6 is 0 Å². The van der Waals surface area contributed by atoms with Gasteiger partial charge in [-0.05, 0) is 58.9 Å². The normalized spacial score (nSPS) is 20.3. The van der Waals surface area contributed by atoms with E-state index in [4.69, 9.17) is 4.74 Å². The third-order valence-electron chi connectivity index (χ3n) is 6.78. The molecule has 0 bridgehead atoms. The summed E-state index contributed by atoms with van der Waals surface area (Å²) in [7, 11) is 1.75. The molecule has 0 saturated carbocycles. The molecule has 0 radical (unpaired) electrons. The first-order valence-corrected chi connectivity index (χ1v) is 12.6. The van der Waals surface area contributed by atoms with Crippen molar-refractivity contribution in [1.29, 1.82) is 0 Å². The number of likely N-dealkylation sites (N-methyl/N-ethyl adjacent to an activating group) is 1. The van der Waals surface area contributed by atoms with Crippen molar-refractivity contribution in [3.8, 4) is 0 Å². The summed E-state index contributed by atoms with van der Waals surface area (Å²) in [4.78, 5) is 43.0. The van der Waals surface area contributed by atoms with Gasteiger partial charge in [-0.2, -0.15) is 0 Å². The number of ether oxygens (including phenoxy) is 1. The standard InChI is InChI=1S/C26H47N3O4/c1-10-19(7)23(27-24(30)21-14-12-13-15-29(21)18(5)6)25(31)28(9)22(17(3)4)16-20(8)26(32)33-11-2/h16-19,21-23H,10-15H2,1-9H3,(H,27,30)/t19-,21?,22+,23-/m0/s1. The van der Waals surface area contributed by atoms with Gasteiger partial charge in [-0.25, -0.2) is 4.79 Å². The van der Waals surface area contributed by atoms with Crippen molar-refractivity contribution in [3.05, 3.63) is 11.6 Å². The molecule has 0 aromatic rings. The molecular weight excluding hydrogens is 418 g/mol. The van der Waals surface area contributed by atoms with Gasteiger partial charge in [0.25, 0.3) is 0 Å². The molecule has 1 heterocycles. The van der Waals surface area contributed by atoms with Gasteiger partial charge in [0.05, 0.1) is 18.7 Å². The van der Waals surface area contributed by atoms with Gasteiger partial charge in [-0.1, -0.05) is 46.6 Å². The lowest BCUT2D eigenvalue weighted by molar-refractivity contribution is -0.140. The minimum Gasteiger partial charge on any atom is -0.463 e. The van der Waals surface area contributed by atoms with Crippen LogP contribution in [0, 0.1) is 11.8 Å². The van der Waals surface area contributed by atoms with Crippen LogP contribution in [0.1, 0.15) is 81.1 Å². The number of nitrogens with zero attached hydrogens (tertiary/aromatic N) is 2. The maximum Gasteiger partial charge on any atom is 0.333 e. The molecule has 33 heavy (non-hydrogen) atoms. The molecule has 1 fully saturated rings. The Labute approximate surface area is 201 Å². The van der Waals surface area contributed by atoms with Gasteiger partial charge in [0, 0.05) is 18.7 Å². The minimum absolute atomic E-state index is 0.0112. The lowest BCUT2D eigenvalue weighted by atomic mass is 9.93. The summed E-state index contributed by atoms with van der Waals surface area (Å²) in [6.07, 6.45) is 5.51. The van der Waals surface area contributed by atoms with Crippen LogP contribution in [0.5, 0.6) is 0 Å². The zero-order valence-corrected chi connectivity index (χ0v) is 22.3. The second-order valence-electron chi connectivity index (χ2n) is 9.97. The molecule has 2 amide bonds. The number of hydrogen-bond donors (Lipinski definition) is 1. The molecule has 1 aliphatic rings. The Balaban J connectivity index is 3.12. The van der Waals surface area contributed by atoms with Crippen molar-refractivity contribution in [2.75, 3.05) is 20.2 Å². The zero-order valence-electron chi connectivity index (χ0n) is 22.3. The summed E-state index contributed by atoms with van der Waals surface area (Å²) < 4.78 is 5.10. The summed E-state index contributed by atoms with van der Waals surface area (Å²) in [5.41, 5.74) is 0.481. The van der Waals surface area contributed by atoms with Crippen LogP contribution < -0.4 is 5.32 Å². The third kappa shape index (κ3) is 8.13.